The third-order valence-corrected chi connectivity index (χ3v) is 3.10. The Morgan fingerprint density at radius 3 is 2.26 bits per heavy atom. The summed E-state index contributed by atoms with van der Waals surface area (Å²) in [5.41, 5.74) is 6.17. The van der Waals surface area contributed by atoms with Gasteiger partial charge < -0.3 is 15.2 Å². The number of hydrogen-bond donors (Lipinski definition) is 1. The number of ether oxygens (including phenoxy) is 2. The van der Waals surface area contributed by atoms with Crippen LogP contribution in [-0.4, -0.2) is 19.5 Å². The molecule has 124 valence electrons. The number of hydrogen-bond acceptors (Lipinski definition) is 3. The Kier molecular flexibility index (Phi) is 5.33. The third-order valence-electron chi connectivity index (χ3n) is 2.80. The van der Waals surface area contributed by atoms with E-state index in [9.17, 15) is 17.6 Å². The van der Waals surface area contributed by atoms with Gasteiger partial charge in [-0.15, -0.1) is 13.2 Å². The van der Waals surface area contributed by atoms with Gasteiger partial charge in [-0.2, -0.15) is 0 Å². The molecule has 0 heterocycles. The van der Waals surface area contributed by atoms with Crippen LogP contribution in [0.3, 0.4) is 0 Å². The van der Waals surface area contributed by atoms with E-state index in [-0.39, 0.29) is 23.9 Å². The van der Waals surface area contributed by atoms with Crippen LogP contribution in [0.5, 0.6) is 11.5 Å². The summed E-state index contributed by atoms with van der Waals surface area (Å²) in [5.74, 6) is -1.27. The van der Waals surface area contributed by atoms with E-state index in [1.54, 1.807) is 0 Å². The van der Waals surface area contributed by atoms with Crippen LogP contribution in [0.2, 0.25) is 5.02 Å². The molecule has 3 nitrogen and oxygen atoms in total. The zero-order chi connectivity index (χ0) is 17.0. The van der Waals surface area contributed by atoms with E-state index in [0.29, 0.717) is 11.1 Å². The molecule has 0 fully saturated rings. The third kappa shape index (κ3) is 4.74. The summed E-state index contributed by atoms with van der Waals surface area (Å²) >= 11 is 5.61. The maximum Gasteiger partial charge on any atom is 0.573 e. The van der Waals surface area contributed by atoms with Crippen LogP contribution in [0.1, 0.15) is 0 Å². The fourth-order valence-corrected chi connectivity index (χ4v) is 1.97. The lowest BCUT2D eigenvalue weighted by molar-refractivity contribution is -0.275. The molecule has 0 radical (unpaired) electrons. The molecule has 0 aliphatic rings. The topological polar surface area (TPSA) is 44.5 Å². The van der Waals surface area contributed by atoms with Gasteiger partial charge in [-0.3, -0.25) is 0 Å². The lowest BCUT2D eigenvalue weighted by atomic mass is 10.1. The molecule has 2 aromatic carbocycles. The normalized spacial score (nSPS) is 11.4. The predicted octanol–water partition coefficient (Wildman–Crippen LogP) is 4.38. The van der Waals surface area contributed by atoms with E-state index < -0.39 is 17.9 Å². The largest absolute Gasteiger partial charge is 0.573 e. The Bertz CT molecular complexity index is 692. The van der Waals surface area contributed by atoms with Gasteiger partial charge in [-0.1, -0.05) is 23.7 Å². The van der Waals surface area contributed by atoms with Crippen molar-refractivity contribution in [1.29, 1.82) is 0 Å². The molecule has 8 heteroatoms. The van der Waals surface area contributed by atoms with Crippen molar-refractivity contribution in [1.82, 2.24) is 0 Å². The van der Waals surface area contributed by atoms with Crippen molar-refractivity contribution in [2.45, 2.75) is 6.36 Å². The maximum atomic E-state index is 13.5. The number of benzene rings is 2. The zero-order valence-corrected chi connectivity index (χ0v) is 12.4. The van der Waals surface area contributed by atoms with Gasteiger partial charge in [-0.25, -0.2) is 4.39 Å². The van der Waals surface area contributed by atoms with Gasteiger partial charge in [-0.05, 0) is 35.4 Å². The highest BCUT2D eigenvalue weighted by atomic mass is 35.5. The fourth-order valence-electron chi connectivity index (χ4n) is 1.85. The molecule has 0 bridgehead atoms. The van der Waals surface area contributed by atoms with Crippen molar-refractivity contribution in [3.8, 4) is 22.6 Å². The zero-order valence-electron chi connectivity index (χ0n) is 11.7. The Hall–Kier alpha value is -1.99. The predicted molar refractivity (Wildman–Crippen MR) is 78.1 cm³/mol. The molecule has 23 heavy (non-hydrogen) atoms. The van der Waals surface area contributed by atoms with Crippen LogP contribution in [-0.2, 0) is 0 Å². The van der Waals surface area contributed by atoms with Gasteiger partial charge in [0.05, 0.1) is 5.02 Å². The lowest BCUT2D eigenvalue weighted by Crippen LogP contribution is -2.18. The molecule has 0 spiro atoms. The summed E-state index contributed by atoms with van der Waals surface area (Å²) in [6.07, 6.45) is -4.85. The Morgan fingerprint density at radius 1 is 1.00 bits per heavy atom. The van der Waals surface area contributed by atoms with Crippen LogP contribution >= 0.6 is 11.6 Å². The molecular formula is C15H12ClF4NO2. The minimum Gasteiger partial charge on any atom is -0.488 e. The standard InChI is InChI=1S/C15H12ClF4NO2/c16-11-3-1-9(7-12(11)17)10-2-4-13(23-15(18,19)20)14(8-10)22-6-5-21/h1-4,7-8H,5-6,21H2. The van der Waals surface area contributed by atoms with Crippen molar-refractivity contribution in [2.24, 2.45) is 5.73 Å². The molecule has 0 aliphatic carbocycles. The first-order valence-corrected chi connectivity index (χ1v) is 6.86. The average molecular weight is 350 g/mol. The Balaban J connectivity index is 2.40. The maximum absolute atomic E-state index is 13.5. The van der Waals surface area contributed by atoms with Crippen molar-refractivity contribution in [3.63, 3.8) is 0 Å². The van der Waals surface area contributed by atoms with Crippen molar-refractivity contribution in [2.75, 3.05) is 13.2 Å². The second-order valence-electron chi connectivity index (χ2n) is 4.48. The summed E-state index contributed by atoms with van der Waals surface area (Å²) in [5, 5.41) is -0.0506. The lowest BCUT2D eigenvalue weighted by Gasteiger charge is -2.15. The van der Waals surface area contributed by atoms with E-state index in [4.69, 9.17) is 22.1 Å². The minimum atomic E-state index is -4.85. The van der Waals surface area contributed by atoms with Crippen molar-refractivity contribution < 1.29 is 27.0 Å². The Labute approximate surface area is 134 Å². The van der Waals surface area contributed by atoms with Crippen LogP contribution in [0.25, 0.3) is 11.1 Å². The van der Waals surface area contributed by atoms with Gasteiger partial charge in [0.2, 0.25) is 0 Å². The Morgan fingerprint density at radius 2 is 1.65 bits per heavy atom. The van der Waals surface area contributed by atoms with Crippen LogP contribution < -0.4 is 15.2 Å². The minimum absolute atomic E-state index is 0.00660. The number of rotatable bonds is 5. The number of halogens is 5. The smallest absolute Gasteiger partial charge is 0.488 e. The highest BCUT2D eigenvalue weighted by molar-refractivity contribution is 6.30. The fraction of sp³-hybridized carbons (Fsp3) is 0.200. The van der Waals surface area contributed by atoms with Gasteiger partial charge in [0, 0.05) is 6.54 Å². The van der Waals surface area contributed by atoms with Crippen LogP contribution in [0.15, 0.2) is 36.4 Å². The molecular weight excluding hydrogens is 338 g/mol. The molecule has 0 aliphatic heterocycles. The van der Waals surface area contributed by atoms with E-state index in [0.717, 1.165) is 6.07 Å². The van der Waals surface area contributed by atoms with E-state index >= 15 is 0 Å². The molecule has 0 atom stereocenters. The first kappa shape index (κ1) is 17.4. The monoisotopic (exact) mass is 349 g/mol. The van der Waals surface area contributed by atoms with Gasteiger partial charge in [0.1, 0.15) is 12.4 Å². The van der Waals surface area contributed by atoms with Crippen LogP contribution in [0.4, 0.5) is 17.6 Å². The molecule has 0 amide bonds. The summed E-state index contributed by atoms with van der Waals surface area (Å²) in [6, 6.07) is 7.85. The summed E-state index contributed by atoms with van der Waals surface area (Å²) in [4.78, 5) is 0. The molecule has 0 saturated heterocycles. The molecule has 2 N–H and O–H groups in total. The number of alkyl halides is 3. The summed E-state index contributed by atoms with van der Waals surface area (Å²) in [7, 11) is 0. The van der Waals surface area contributed by atoms with E-state index in [1.165, 1.54) is 30.3 Å². The quantitative estimate of drug-likeness (QED) is 0.815. The highest BCUT2D eigenvalue weighted by Gasteiger charge is 2.32. The van der Waals surface area contributed by atoms with E-state index in [2.05, 4.69) is 4.74 Å². The summed E-state index contributed by atoms with van der Waals surface area (Å²) < 4.78 is 59.8. The molecule has 0 aromatic heterocycles. The first-order valence-electron chi connectivity index (χ1n) is 6.48. The second-order valence-corrected chi connectivity index (χ2v) is 4.88. The highest BCUT2D eigenvalue weighted by Crippen LogP contribution is 2.36. The first-order chi connectivity index (χ1) is 10.8. The molecule has 2 rings (SSSR count). The van der Waals surface area contributed by atoms with Crippen molar-refractivity contribution >= 4 is 11.6 Å². The van der Waals surface area contributed by atoms with Gasteiger partial charge >= 0.3 is 6.36 Å². The average Bonchev–Trinajstić information content (AvgIpc) is 2.47. The molecule has 0 saturated carbocycles. The molecule has 0 unspecified atom stereocenters. The van der Waals surface area contributed by atoms with E-state index in [1.807, 2.05) is 0 Å². The van der Waals surface area contributed by atoms with Gasteiger partial charge in [0.15, 0.2) is 11.5 Å². The SMILES string of the molecule is NCCOc1cc(-c2ccc(Cl)c(F)c2)ccc1OC(F)(F)F. The second kappa shape index (κ2) is 7.06. The van der Waals surface area contributed by atoms with Gasteiger partial charge in [0.25, 0.3) is 0 Å². The van der Waals surface area contributed by atoms with Crippen molar-refractivity contribution in [3.05, 3.63) is 47.2 Å². The molecule has 2 aromatic rings. The number of nitrogens with two attached hydrogens (primary N) is 1. The summed E-state index contributed by atoms with van der Waals surface area (Å²) in [6.45, 7) is 0.123. The van der Waals surface area contributed by atoms with Crippen LogP contribution in [0, 0.1) is 5.82 Å².